The molecule has 1 aromatic carbocycles. The minimum absolute atomic E-state index is 1.15. The van der Waals surface area contributed by atoms with E-state index in [4.69, 9.17) is 0 Å². The van der Waals surface area contributed by atoms with E-state index in [1.54, 1.807) is 0 Å². The summed E-state index contributed by atoms with van der Waals surface area (Å²) in [5.74, 6) is 0. The van der Waals surface area contributed by atoms with E-state index in [-0.39, 0.29) is 0 Å². The maximum Gasteiger partial charge on any atom is 0.0204 e. The first-order valence-electron chi connectivity index (χ1n) is 6.94. The fourth-order valence-corrected chi connectivity index (χ4v) is 2.74. The number of nitrogens with one attached hydrogen (secondary N) is 1. The van der Waals surface area contributed by atoms with Crippen LogP contribution in [0.15, 0.2) is 22.7 Å². The lowest BCUT2D eigenvalue weighted by atomic mass is 10.1. The molecular weight excluding hydrogens is 288 g/mol. The molecule has 3 heteroatoms. The lowest BCUT2D eigenvalue weighted by molar-refractivity contribution is 0.289. The van der Waals surface area contributed by atoms with Gasteiger partial charge in [0.05, 0.1) is 0 Å². The second-order valence-corrected chi connectivity index (χ2v) is 5.99. The molecule has 0 aliphatic carbocycles. The van der Waals surface area contributed by atoms with Crippen molar-refractivity contribution in [3.63, 3.8) is 0 Å². The molecular formula is C15H23BrN2. The summed E-state index contributed by atoms with van der Waals surface area (Å²) in [4.78, 5) is 2.59. The van der Waals surface area contributed by atoms with E-state index in [9.17, 15) is 0 Å². The van der Waals surface area contributed by atoms with Crippen molar-refractivity contribution in [2.45, 2.75) is 26.2 Å². The zero-order valence-corrected chi connectivity index (χ0v) is 12.8. The normalized spacial score (nSPS) is 17.7. The van der Waals surface area contributed by atoms with E-state index in [1.807, 2.05) is 0 Å². The highest BCUT2D eigenvalue weighted by Gasteiger charge is 2.07. The average molecular weight is 311 g/mol. The summed E-state index contributed by atoms with van der Waals surface area (Å²) in [6, 6.07) is 6.70. The van der Waals surface area contributed by atoms with E-state index in [0.717, 1.165) is 6.54 Å². The highest BCUT2D eigenvalue weighted by atomic mass is 79.9. The fraction of sp³-hybridized carbons (Fsp3) is 0.600. The van der Waals surface area contributed by atoms with Gasteiger partial charge in [-0.05, 0) is 63.0 Å². The minimum atomic E-state index is 1.15. The van der Waals surface area contributed by atoms with Gasteiger partial charge in [-0.1, -0.05) is 28.1 Å². The van der Waals surface area contributed by atoms with Crippen molar-refractivity contribution in [1.82, 2.24) is 10.2 Å². The van der Waals surface area contributed by atoms with Gasteiger partial charge >= 0.3 is 0 Å². The van der Waals surface area contributed by atoms with E-state index in [1.165, 1.54) is 61.0 Å². The Balaban J connectivity index is 1.75. The van der Waals surface area contributed by atoms with E-state index < -0.39 is 0 Å². The quantitative estimate of drug-likeness (QED) is 0.919. The van der Waals surface area contributed by atoms with Gasteiger partial charge in [-0.15, -0.1) is 0 Å². The van der Waals surface area contributed by atoms with Gasteiger partial charge < -0.3 is 10.2 Å². The topological polar surface area (TPSA) is 15.3 Å². The number of nitrogens with zero attached hydrogens (tertiary/aromatic N) is 1. The van der Waals surface area contributed by atoms with Crippen LogP contribution in [0.25, 0.3) is 0 Å². The van der Waals surface area contributed by atoms with Crippen molar-refractivity contribution in [3.05, 3.63) is 33.8 Å². The minimum Gasteiger partial charge on any atom is -0.315 e. The molecule has 1 fully saturated rings. The van der Waals surface area contributed by atoms with Gasteiger partial charge in [0.15, 0.2) is 0 Å². The predicted octanol–water partition coefficient (Wildman–Crippen LogP) is 2.99. The average Bonchev–Trinajstić information content (AvgIpc) is 2.62. The third-order valence-corrected chi connectivity index (χ3v) is 4.48. The highest BCUT2D eigenvalue weighted by molar-refractivity contribution is 9.10. The van der Waals surface area contributed by atoms with Crippen LogP contribution < -0.4 is 5.32 Å². The zero-order valence-electron chi connectivity index (χ0n) is 11.2. The molecule has 0 saturated carbocycles. The standard InChI is InChI=1S/C15H23BrN2/c1-13-12-14(5-6-15(13)16)4-2-9-18-10-3-7-17-8-11-18/h5-6,12,17H,2-4,7-11H2,1H3. The van der Waals surface area contributed by atoms with Gasteiger partial charge in [0.1, 0.15) is 0 Å². The van der Waals surface area contributed by atoms with E-state index >= 15 is 0 Å². The number of rotatable bonds is 4. The first kappa shape index (κ1) is 14.0. The third-order valence-electron chi connectivity index (χ3n) is 3.59. The van der Waals surface area contributed by atoms with Crippen LogP contribution in [0.2, 0.25) is 0 Å². The summed E-state index contributed by atoms with van der Waals surface area (Å²) < 4.78 is 1.21. The summed E-state index contributed by atoms with van der Waals surface area (Å²) in [6.45, 7) is 8.19. The maximum atomic E-state index is 3.55. The van der Waals surface area contributed by atoms with Gasteiger partial charge in [-0.3, -0.25) is 0 Å². The SMILES string of the molecule is Cc1cc(CCCN2CCCNCC2)ccc1Br. The monoisotopic (exact) mass is 310 g/mol. The van der Waals surface area contributed by atoms with Crippen molar-refractivity contribution in [1.29, 1.82) is 0 Å². The molecule has 0 atom stereocenters. The van der Waals surface area contributed by atoms with Crippen LogP contribution in [0.5, 0.6) is 0 Å². The van der Waals surface area contributed by atoms with E-state index in [0.29, 0.717) is 0 Å². The molecule has 2 rings (SSSR count). The van der Waals surface area contributed by atoms with Crippen molar-refractivity contribution < 1.29 is 0 Å². The highest BCUT2D eigenvalue weighted by Crippen LogP contribution is 2.18. The first-order valence-corrected chi connectivity index (χ1v) is 7.73. The molecule has 1 heterocycles. The van der Waals surface area contributed by atoms with E-state index in [2.05, 4.69) is 51.3 Å². The number of hydrogen-bond donors (Lipinski definition) is 1. The van der Waals surface area contributed by atoms with Crippen LogP contribution in [0, 0.1) is 6.92 Å². The smallest absolute Gasteiger partial charge is 0.0204 e. The predicted molar refractivity (Wildman–Crippen MR) is 81.1 cm³/mol. The van der Waals surface area contributed by atoms with Gasteiger partial charge in [-0.2, -0.15) is 0 Å². The molecule has 18 heavy (non-hydrogen) atoms. The Morgan fingerprint density at radius 1 is 1.28 bits per heavy atom. The Kier molecular flexibility index (Phi) is 5.67. The van der Waals surface area contributed by atoms with Crippen molar-refractivity contribution in [2.75, 3.05) is 32.7 Å². The zero-order chi connectivity index (χ0) is 12.8. The van der Waals surface area contributed by atoms with Gasteiger partial charge in [0.2, 0.25) is 0 Å². The molecule has 0 unspecified atom stereocenters. The number of hydrogen-bond acceptors (Lipinski definition) is 2. The molecule has 100 valence electrons. The fourth-order valence-electron chi connectivity index (χ4n) is 2.49. The summed E-state index contributed by atoms with van der Waals surface area (Å²) in [6.07, 6.45) is 3.75. The summed E-state index contributed by atoms with van der Waals surface area (Å²) in [5.41, 5.74) is 2.80. The van der Waals surface area contributed by atoms with Crippen LogP contribution >= 0.6 is 15.9 Å². The van der Waals surface area contributed by atoms with Crippen LogP contribution in [0.4, 0.5) is 0 Å². The molecule has 2 nitrogen and oxygen atoms in total. The second kappa shape index (κ2) is 7.27. The summed E-state index contributed by atoms with van der Waals surface area (Å²) in [7, 11) is 0. The van der Waals surface area contributed by atoms with Crippen LogP contribution in [-0.2, 0) is 6.42 Å². The molecule has 0 amide bonds. The van der Waals surface area contributed by atoms with Crippen molar-refractivity contribution in [2.24, 2.45) is 0 Å². The summed E-state index contributed by atoms with van der Waals surface area (Å²) in [5, 5.41) is 3.45. The van der Waals surface area contributed by atoms with Crippen molar-refractivity contribution >= 4 is 15.9 Å². The van der Waals surface area contributed by atoms with Gasteiger partial charge in [0, 0.05) is 17.6 Å². The lowest BCUT2D eigenvalue weighted by Gasteiger charge is -2.19. The molecule has 1 N–H and O–H groups in total. The Morgan fingerprint density at radius 2 is 2.17 bits per heavy atom. The summed E-state index contributed by atoms with van der Waals surface area (Å²) >= 11 is 3.55. The van der Waals surface area contributed by atoms with Crippen LogP contribution in [-0.4, -0.2) is 37.6 Å². The maximum absolute atomic E-state index is 3.55. The molecule has 0 radical (unpaired) electrons. The largest absolute Gasteiger partial charge is 0.315 e. The molecule has 0 bridgehead atoms. The molecule has 1 saturated heterocycles. The van der Waals surface area contributed by atoms with Crippen LogP contribution in [0.1, 0.15) is 24.0 Å². The molecule has 1 aromatic rings. The number of halogens is 1. The Bertz CT molecular complexity index is 371. The molecule has 1 aliphatic heterocycles. The van der Waals surface area contributed by atoms with Gasteiger partial charge in [-0.25, -0.2) is 0 Å². The number of aryl methyl sites for hydroxylation is 2. The Morgan fingerprint density at radius 3 is 3.00 bits per heavy atom. The lowest BCUT2D eigenvalue weighted by Crippen LogP contribution is -2.29. The Hall–Kier alpha value is -0.380. The molecule has 1 aliphatic rings. The molecule has 0 aromatic heterocycles. The number of benzene rings is 1. The first-order chi connectivity index (χ1) is 8.75. The van der Waals surface area contributed by atoms with Gasteiger partial charge in [0.25, 0.3) is 0 Å². The second-order valence-electron chi connectivity index (χ2n) is 5.13. The Labute approximate surface area is 119 Å². The molecule has 0 spiro atoms. The van der Waals surface area contributed by atoms with Crippen LogP contribution in [0.3, 0.4) is 0 Å². The van der Waals surface area contributed by atoms with Crippen molar-refractivity contribution in [3.8, 4) is 0 Å². The third kappa shape index (κ3) is 4.38.